The molecule has 0 aliphatic carbocycles. The lowest BCUT2D eigenvalue weighted by Gasteiger charge is -2.37. The van der Waals surface area contributed by atoms with Gasteiger partial charge < -0.3 is 15.1 Å². The molecule has 1 amide bonds. The number of carbonyl (C=O) groups excluding carboxylic acids is 1. The van der Waals surface area contributed by atoms with Gasteiger partial charge in [0.1, 0.15) is 0 Å². The van der Waals surface area contributed by atoms with Crippen LogP contribution in [0.2, 0.25) is 5.02 Å². The molecule has 1 N–H and O–H groups in total. The van der Waals surface area contributed by atoms with Gasteiger partial charge in [-0.15, -0.1) is 0 Å². The lowest BCUT2D eigenvalue weighted by molar-refractivity contribution is -0.109. The molecule has 0 saturated carbocycles. The van der Waals surface area contributed by atoms with E-state index in [9.17, 15) is 4.79 Å². The van der Waals surface area contributed by atoms with Crippen LogP contribution < -0.4 is 15.1 Å². The Kier molecular flexibility index (Phi) is 5.03. The van der Waals surface area contributed by atoms with Crippen molar-refractivity contribution >= 4 is 29.4 Å². The Hall–Kier alpha value is -2.20. The van der Waals surface area contributed by atoms with Crippen molar-refractivity contribution in [1.29, 1.82) is 0 Å². The molecule has 23 heavy (non-hydrogen) atoms. The van der Waals surface area contributed by atoms with Crippen molar-refractivity contribution in [3.8, 4) is 0 Å². The van der Waals surface area contributed by atoms with Gasteiger partial charge in [-0.25, -0.2) is 0 Å². The molecule has 0 bridgehead atoms. The summed E-state index contributed by atoms with van der Waals surface area (Å²) in [5.74, 6) is 0. The van der Waals surface area contributed by atoms with Gasteiger partial charge in [0.15, 0.2) is 0 Å². The highest BCUT2D eigenvalue weighted by Crippen LogP contribution is 2.22. The summed E-state index contributed by atoms with van der Waals surface area (Å²) in [5, 5.41) is 3.46. The van der Waals surface area contributed by atoms with Crippen LogP contribution >= 0.6 is 11.6 Å². The third-order valence-corrected chi connectivity index (χ3v) is 4.41. The molecule has 0 aromatic heterocycles. The summed E-state index contributed by atoms with van der Waals surface area (Å²) in [4.78, 5) is 15.1. The number of hydrogen-bond acceptors (Lipinski definition) is 3. The monoisotopic (exact) mass is 329 g/mol. The third kappa shape index (κ3) is 3.96. The predicted octanol–water partition coefficient (Wildman–Crippen LogP) is 2.91. The van der Waals surface area contributed by atoms with Gasteiger partial charge in [0.05, 0.1) is 0 Å². The first-order valence-corrected chi connectivity index (χ1v) is 8.15. The minimum atomic E-state index is 0.578. The zero-order valence-electron chi connectivity index (χ0n) is 12.9. The van der Waals surface area contributed by atoms with Crippen LogP contribution in [0.15, 0.2) is 48.5 Å². The second-order valence-electron chi connectivity index (χ2n) is 5.62. The van der Waals surface area contributed by atoms with Crippen molar-refractivity contribution in [2.75, 3.05) is 36.0 Å². The molecule has 4 nitrogen and oxygen atoms in total. The van der Waals surface area contributed by atoms with Gasteiger partial charge in [-0.05, 0) is 42.0 Å². The molecule has 5 heteroatoms. The van der Waals surface area contributed by atoms with Crippen molar-refractivity contribution in [2.24, 2.45) is 0 Å². The topological polar surface area (TPSA) is 35.6 Å². The van der Waals surface area contributed by atoms with Gasteiger partial charge in [-0.2, -0.15) is 0 Å². The first kappa shape index (κ1) is 15.7. The van der Waals surface area contributed by atoms with Gasteiger partial charge in [-0.1, -0.05) is 23.7 Å². The summed E-state index contributed by atoms with van der Waals surface area (Å²) in [6.07, 6.45) is 0.726. The highest BCUT2D eigenvalue weighted by Gasteiger charge is 2.17. The van der Waals surface area contributed by atoms with Crippen LogP contribution in [0.25, 0.3) is 0 Å². The Balaban J connectivity index is 1.58. The van der Waals surface area contributed by atoms with Crippen molar-refractivity contribution in [3.05, 3.63) is 59.1 Å². The zero-order valence-corrected chi connectivity index (χ0v) is 13.7. The number of carbonyl (C=O) groups is 1. The van der Waals surface area contributed by atoms with Gasteiger partial charge in [0, 0.05) is 49.1 Å². The fourth-order valence-electron chi connectivity index (χ4n) is 2.86. The molecule has 1 saturated heterocycles. The molecule has 120 valence electrons. The molecule has 2 aromatic carbocycles. The fraction of sp³-hybridized carbons (Fsp3) is 0.278. The molecule has 1 aliphatic heterocycles. The Labute approximate surface area is 141 Å². The molecule has 0 unspecified atom stereocenters. The summed E-state index contributed by atoms with van der Waals surface area (Å²) >= 11 is 5.95. The maximum absolute atomic E-state index is 10.3. The molecule has 3 rings (SSSR count). The Morgan fingerprint density at radius 2 is 1.35 bits per heavy atom. The molecule has 0 spiro atoms. The SMILES string of the molecule is O=CNCc1ccc(N2CCN(c3ccc(Cl)cc3)CC2)cc1. The maximum atomic E-state index is 10.3. The van der Waals surface area contributed by atoms with Crippen LogP contribution in [0.5, 0.6) is 0 Å². The first-order valence-electron chi connectivity index (χ1n) is 7.78. The van der Waals surface area contributed by atoms with E-state index in [1.54, 1.807) is 0 Å². The number of nitrogens with one attached hydrogen (secondary N) is 1. The second kappa shape index (κ2) is 7.38. The highest BCUT2D eigenvalue weighted by molar-refractivity contribution is 6.30. The van der Waals surface area contributed by atoms with Crippen LogP contribution in [-0.4, -0.2) is 32.6 Å². The van der Waals surface area contributed by atoms with E-state index in [0.29, 0.717) is 6.54 Å². The van der Waals surface area contributed by atoms with Crippen LogP contribution in [-0.2, 0) is 11.3 Å². The summed E-state index contributed by atoms with van der Waals surface area (Å²) in [7, 11) is 0. The molecule has 0 radical (unpaired) electrons. The minimum absolute atomic E-state index is 0.578. The number of amides is 1. The summed E-state index contributed by atoms with van der Waals surface area (Å²) in [6, 6.07) is 16.4. The highest BCUT2D eigenvalue weighted by atomic mass is 35.5. The smallest absolute Gasteiger partial charge is 0.207 e. The molecule has 1 heterocycles. The number of nitrogens with zero attached hydrogens (tertiary/aromatic N) is 2. The quantitative estimate of drug-likeness (QED) is 0.857. The van der Waals surface area contributed by atoms with E-state index in [2.05, 4.69) is 51.5 Å². The third-order valence-electron chi connectivity index (χ3n) is 4.16. The molecular formula is C18H20ClN3O. The lowest BCUT2D eigenvalue weighted by atomic mass is 10.1. The number of rotatable bonds is 5. The summed E-state index contributed by atoms with van der Waals surface area (Å²) < 4.78 is 0. The van der Waals surface area contributed by atoms with E-state index in [1.807, 2.05) is 12.1 Å². The van der Waals surface area contributed by atoms with E-state index < -0.39 is 0 Å². The number of hydrogen-bond donors (Lipinski definition) is 1. The molecule has 1 aliphatic rings. The molecule has 1 fully saturated rings. The second-order valence-corrected chi connectivity index (χ2v) is 6.05. The van der Waals surface area contributed by atoms with Crippen LogP contribution in [0.4, 0.5) is 11.4 Å². The van der Waals surface area contributed by atoms with Gasteiger partial charge >= 0.3 is 0 Å². The first-order chi connectivity index (χ1) is 11.3. The standard InChI is InChI=1S/C18H20ClN3O/c19-16-3-7-18(8-4-16)22-11-9-21(10-12-22)17-5-1-15(2-6-17)13-20-14-23/h1-8,14H,9-13H2,(H,20,23). The van der Waals surface area contributed by atoms with Crippen molar-refractivity contribution in [3.63, 3.8) is 0 Å². The number of benzene rings is 2. The van der Waals surface area contributed by atoms with E-state index in [-0.39, 0.29) is 0 Å². The van der Waals surface area contributed by atoms with E-state index in [4.69, 9.17) is 11.6 Å². The largest absolute Gasteiger partial charge is 0.368 e. The summed E-state index contributed by atoms with van der Waals surface area (Å²) in [6.45, 7) is 4.56. The molecular weight excluding hydrogens is 310 g/mol. The van der Waals surface area contributed by atoms with Gasteiger partial charge in [0.25, 0.3) is 0 Å². The number of halogens is 1. The van der Waals surface area contributed by atoms with Crippen molar-refractivity contribution in [2.45, 2.75) is 6.54 Å². The van der Waals surface area contributed by atoms with Crippen LogP contribution in [0.1, 0.15) is 5.56 Å². The fourth-order valence-corrected chi connectivity index (χ4v) is 2.98. The van der Waals surface area contributed by atoms with Gasteiger partial charge in [0.2, 0.25) is 6.41 Å². The molecule has 2 aromatic rings. The van der Waals surface area contributed by atoms with Crippen LogP contribution in [0, 0.1) is 0 Å². The van der Waals surface area contributed by atoms with Crippen LogP contribution in [0.3, 0.4) is 0 Å². The van der Waals surface area contributed by atoms with E-state index in [1.165, 1.54) is 11.4 Å². The van der Waals surface area contributed by atoms with E-state index in [0.717, 1.165) is 43.2 Å². The zero-order chi connectivity index (χ0) is 16.1. The van der Waals surface area contributed by atoms with Crippen molar-refractivity contribution in [1.82, 2.24) is 5.32 Å². The average Bonchev–Trinajstić information content (AvgIpc) is 2.61. The minimum Gasteiger partial charge on any atom is -0.368 e. The predicted molar refractivity (Wildman–Crippen MR) is 95.2 cm³/mol. The Morgan fingerprint density at radius 1 is 0.870 bits per heavy atom. The van der Waals surface area contributed by atoms with E-state index >= 15 is 0 Å². The molecule has 0 atom stereocenters. The van der Waals surface area contributed by atoms with Gasteiger partial charge in [-0.3, -0.25) is 4.79 Å². The number of anilines is 2. The summed E-state index contributed by atoms with van der Waals surface area (Å²) in [5.41, 5.74) is 3.57. The Bertz CT molecular complexity index is 634. The average molecular weight is 330 g/mol. The lowest BCUT2D eigenvalue weighted by Crippen LogP contribution is -2.46. The Morgan fingerprint density at radius 3 is 1.83 bits per heavy atom. The number of piperazine rings is 1. The van der Waals surface area contributed by atoms with Crippen molar-refractivity contribution < 1.29 is 4.79 Å². The normalized spacial score (nSPS) is 14.7. The maximum Gasteiger partial charge on any atom is 0.207 e.